The Kier molecular flexibility index (Phi) is 6.69. The van der Waals surface area contributed by atoms with E-state index in [1.165, 1.54) is 30.1 Å². The molecule has 2 aromatic heterocycles. The molecule has 134 valence electrons. The summed E-state index contributed by atoms with van der Waals surface area (Å²) in [6, 6.07) is 2.89. The van der Waals surface area contributed by atoms with Crippen molar-refractivity contribution in [2.75, 3.05) is 24.2 Å². The van der Waals surface area contributed by atoms with E-state index in [1.807, 2.05) is 13.8 Å². The first-order chi connectivity index (χ1) is 12.0. The summed E-state index contributed by atoms with van der Waals surface area (Å²) in [5.41, 5.74) is -0.0662. The number of carbonyl (C=O) groups excluding carboxylic acids is 1. The molecule has 0 saturated heterocycles. The van der Waals surface area contributed by atoms with Crippen LogP contribution in [0, 0.1) is 10.1 Å². The Hall–Kier alpha value is -2.69. The van der Waals surface area contributed by atoms with Crippen LogP contribution in [0.1, 0.15) is 25.6 Å². The van der Waals surface area contributed by atoms with Gasteiger partial charge in [-0.15, -0.1) is 5.10 Å². The smallest absolute Gasteiger partial charge is 0.287 e. The molecular formula is C14H19N7O3S. The highest BCUT2D eigenvalue weighted by Crippen LogP contribution is 2.15. The molecule has 0 fully saturated rings. The molecule has 2 aromatic rings. The van der Waals surface area contributed by atoms with Crippen LogP contribution in [0.2, 0.25) is 0 Å². The van der Waals surface area contributed by atoms with Crippen LogP contribution in [0.15, 0.2) is 23.5 Å². The van der Waals surface area contributed by atoms with E-state index in [4.69, 9.17) is 0 Å². The first kappa shape index (κ1) is 18.6. The number of aromatic nitrogens is 4. The van der Waals surface area contributed by atoms with Crippen LogP contribution in [-0.4, -0.2) is 49.8 Å². The SMILES string of the molecule is CC(C)c1nc(SCC(=O)NCCNc2ccc([N+](=O)[O-])cn2)n[nH]1. The van der Waals surface area contributed by atoms with Crippen molar-refractivity contribution in [3.63, 3.8) is 0 Å². The van der Waals surface area contributed by atoms with Crippen LogP contribution in [0.5, 0.6) is 0 Å². The lowest BCUT2D eigenvalue weighted by molar-refractivity contribution is -0.385. The summed E-state index contributed by atoms with van der Waals surface area (Å²) in [4.78, 5) is 30.0. The van der Waals surface area contributed by atoms with Gasteiger partial charge in [0.05, 0.1) is 10.7 Å². The number of aromatic amines is 1. The van der Waals surface area contributed by atoms with Crippen LogP contribution in [0.4, 0.5) is 11.5 Å². The maximum absolute atomic E-state index is 11.8. The van der Waals surface area contributed by atoms with Gasteiger partial charge in [0, 0.05) is 25.1 Å². The second kappa shape index (κ2) is 8.97. The Morgan fingerprint density at radius 1 is 1.40 bits per heavy atom. The Morgan fingerprint density at radius 3 is 2.80 bits per heavy atom. The van der Waals surface area contributed by atoms with Crippen molar-refractivity contribution >= 4 is 29.2 Å². The van der Waals surface area contributed by atoms with Gasteiger partial charge in [0.15, 0.2) is 0 Å². The molecule has 0 aliphatic rings. The largest absolute Gasteiger partial charge is 0.368 e. The number of anilines is 1. The third-order valence-electron chi connectivity index (χ3n) is 3.07. The van der Waals surface area contributed by atoms with Gasteiger partial charge >= 0.3 is 0 Å². The first-order valence-corrected chi connectivity index (χ1v) is 8.60. The molecule has 11 heteroatoms. The number of thioether (sulfide) groups is 1. The van der Waals surface area contributed by atoms with E-state index in [0.717, 1.165) is 5.82 Å². The second-order valence-corrected chi connectivity index (χ2v) is 6.32. The lowest BCUT2D eigenvalue weighted by atomic mass is 10.2. The summed E-state index contributed by atoms with van der Waals surface area (Å²) in [6.45, 7) is 4.88. The van der Waals surface area contributed by atoms with Crippen molar-refractivity contribution < 1.29 is 9.72 Å². The fourth-order valence-corrected chi connectivity index (χ4v) is 2.39. The Labute approximate surface area is 148 Å². The highest BCUT2D eigenvalue weighted by atomic mass is 32.2. The average Bonchev–Trinajstić information content (AvgIpc) is 3.06. The number of rotatable bonds is 9. The normalized spacial score (nSPS) is 10.7. The third-order valence-corrected chi connectivity index (χ3v) is 3.92. The molecule has 0 aliphatic heterocycles. The van der Waals surface area contributed by atoms with Gasteiger partial charge in [-0.1, -0.05) is 25.6 Å². The van der Waals surface area contributed by atoms with Crippen LogP contribution >= 0.6 is 11.8 Å². The average molecular weight is 365 g/mol. The first-order valence-electron chi connectivity index (χ1n) is 7.62. The number of carbonyl (C=O) groups is 1. The van der Waals surface area contributed by atoms with Gasteiger partial charge in [0.2, 0.25) is 11.1 Å². The number of nitrogens with one attached hydrogen (secondary N) is 3. The maximum atomic E-state index is 11.8. The minimum Gasteiger partial charge on any atom is -0.368 e. The fourth-order valence-electron chi connectivity index (χ4n) is 1.75. The van der Waals surface area contributed by atoms with Crippen molar-refractivity contribution in [2.24, 2.45) is 0 Å². The van der Waals surface area contributed by atoms with Crippen molar-refractivity contribution in [3.8, 4) is 0 Å². The van der Waals surface area contributed by atoms with E-state index in [2.05, 4.69) is 30.8 Å². The van der Waals surface area contributed by atoms with Crippen LogP contribution in [-0.2, 0) is 4.79 Å². The number of H-pyrrole nitrogens is 1. The molecule has 2 heterocycles. The monoisotopic (exact) mass is 365 g/mol. The summed E-state index contributed by atoms with van der Waals surface area (Å²) in [7, 11) is 0. The highest BCUT2D eigenvalue weighted by molar-refractivity contribution is 7.99. The summed E-state index contributed by atoms with van der Waals surface area (Å²) in [5.74, 6) is 1.67. The van der Waals surface area contributed by atoms with Gasteiger partial charge in [-0.2, -0.15) is 0 Å². The highest BCUT2D eigenvalue weighted by Gasteiger charge is 2.09. The predicted molar refractivity (Wildman–Crippen MR) is 93.6 cm³/mol. The van der Waals surface area contributed by atoms with Gasteiger partial charge in [-0.25, -0.2) is 9.97 Å². The summed E-state index contributed by atoms with van der Waals surface area (Å²) >= 11 is 1.26. The van der Waals surface area contributed by atoms with Crippen molar-refractivity contribution in [1.29, 1.82) is 0 Å². The van der Waals surface area contributed by atoms with Crippen molar-refractivity contribution in [1.82, 2.24) is 25.5 Å². The Balaban J connectivity index is 1.64. The zero-order chi connectivity index (χ0) is 18.2. The van der Waals surface area contributed by atoms with E-state index in [0.29, 0.717) is 24.1 Å². The van der Waals surface area contributed by atoms with Crippen molar-refractivity contribution in [3.05, 3.63) is 34.3 Å². The molecule has 1 amide bonds. The number of hydrogen-bond donors (Lipinski definition) is 3. The molecule has 0 bridgehead atoms. The maximum Gasteiger partial charge on any atom is 0.287 e. The van der Waals surface area contributed by atoms with E-state index in [9.17, 15) is 14.9 Å². The number of hydrogen-bond acceptors (Lipinski definition) is 8. The van der Waals surface area contributed by atoms with Gasteiger partial charge < -0.3 is 10.6 Å². The molecular weight excluding hydrogens is 346 g/mol. The molecule has 0 saturated carbocycles. The minimum absolute atomic E-state index is 0.0662. The molecule has 0 atom stereocenters. The Morgan fingerprint density at radius 2 is 2.20 bits per heavy atom. The molecule has 2 rings (SSSR count). The van der Waals surface area contributed by atoms with E-state index in [-0.39, 0.29) is 23.3 Å². The summed E-state index contributed by atoms with van der Waals surface area (Å²) in [5, 5.41) is 23.7. The molecule has 25 heavy (non-hydrogen) atoms. The number of amides is 1. The van der Waals surface area contributed by atoms with Crippen LogP contribution in [0.25, 0.3) is 0 Å². The van der Waals surface area contributed by atoms with Gasteiger partial charge in [-0.05, 0) is 6.07 Å². The standard InChI is InChI=1S/C14H19N7O3S/c1-9(2)13-18-14(20-19-13)25-8-12(22)16-6-5-15-11-4-3-10(7-17-11)21(23)24/h3-4,7,9H,5-6,8H2,1-2H3,(H,15,17)(H,16,22)(H,18,19,20). The second-order valence-electron chi connectivity index (χ2n) is 5.38. The summed E-state index contributed by atoms with van der Waals surface area (Å²) < 4.78 is 0. The number of pyridine rings is 1. The quantitative estimate of drug-likeness (QED) is 0.263. The lowest BCUT2D eigenvalue weighted by Crippen LogP contribution is -2.30. The van der Waals surface area contributed by atoms with E-state index < -0.39 is 4.92 Å². The van der Waals surface area contributed by atoms with Gasteiger partial charge in [0.25, 0.3) is 5.69 Å². The zero-order valence-corrected chi connectivity index (χ0v) is 14.7. The minimum atomic E-state index is -0.507. The predicted octanol–water partition coefficient (Wildman–Crippen LogP) is 1.55. The van der Waals surface area contributed by atoms with Crippen LogP contribution in [0.3, 0.4) is 0 Å². The lowest BCUT2D eigenvalue weighted by Gasteiger charge is -2.06. The van der Waals surface area contributed by atoms with E-state index in [1.54, 1.807) is 0 Å². The number of nitro groups is 1. The van der Waals surface area contributed by atoms with Crippen molar-refractivity contribution in [2.45, 2.75) is 24.9 Å². The third kappa shape index (κ3) is 6.03. The van der Waals surface area contributed by atoms with Crippen LogP contribution < -0.4 is 10.6 Å². The molecule has 0 unspecified atom stereocenters. The molecule has 0 radical (unpaired) electrons. The number of nitrogens with zero attached hydrogens (tertiary/aromatic N) is 4. The molecule has 0 spiro atoms. The van der Waals surface area contributed by atoms with E-state index >= 15 is 0 Å². The fraction of sp³-hybridized carbons (Fsp3) is 0.429. The summed E-state index contributed by atoms with van der Waals surface area (Å²) in [6.07, 6.45) is 1.18. The Bertz CT molecular complexity index is 717. The molecule has 0 aromatic carbocycles. The molecule has 0 aliphatic carbocycles. The zero-order valence-electron chi connectivity index (χ0n) is 13.9. The molecule has 10 nitrogen and oxygen atoms in total. The topological polar surface area (TPSA) is 139 Å². The van der Waals surface area contributed by atoms with Gasteiger partial charge in [0.1, 0.15) is 17.8 Å². The molecule has 3 N–H and O–H groups in total. The van der Waals surface area contributed by atoms with Gasteiger partial charge in [-0.3, -0.25) is 20.0 Å².